The summed E-state index contributed by atoms with van der Waals surface area (Å²) in [6.07, 6.45) is 1.46. The van der Waals surface area contributed by atoms with Crippen LogP contribution in [0.2, 0.25) is 0 Å². The van der Waals surface area contributed by atoms with E-state index < -0.39 is 10.3 Å². The van der Waals surface area contributed by atoms with Crippen molar-refractivity contribution in [2.75, 3.05) is 6.26 Å². The summed E-state index contributed by atoms with van der Waals surface area (Å²) in [5.41, 5.74) is 0. The number of hydrogen-bond acceptors (Lipinski definition) is 4. The van der Waals surface area contributed by atoms with Crippen LogP contribution in [-0.4, -0.2) is 14.7 Å². The van der Waals surface area contributed by atoms with Crippen LogP contribution in [0.1, 0.15) is 0 Å². The predicted octanol–water partition coefficient (Wildman–Crippen LogP) is -0.516. The zero-order chi connectivity index (χ0) is 5.91. The molecule has 4 nitrogen and oxygen atoms in total. The van der Waals surface area contributed by atoms with Crippen LogP contribution in [0.5, 0.6) is 0 Å². The van der Waals surface area contributed by atoms with Gasteiger partial charge in [0.05, 0.1) is 0 Å². The van der Waals surface area contributed by atoms with Crippen LogP contribution in [-0.2, 0) is 13.9 Å². The molecule has 0 spiro atoms. The molecule has 0 saturated heterocycles. The molecule has 0 aliphatic rings. The van der Waals surface area contributed by atoms with E-state index in [1.165, 1.54) is 6.26 Å². The van der Waals surface area contributed by atoms with E-state index in [1.807, 2.05) is 0 Å². The Morgan fingerprint density at radius 2 is 2.14 bits per heavy atom. The van der Waals surface area contributed by atoms with E-state index in [2.05, 4.69) is 8.77 Å². The van der Waals surface area contributed by atoms with Gasteiger partial charge in [0.15, 0.2) is 0 Å². The summed E-state index contributed by atoms with van der Waals surface area (Å²) in [5.74, 6) is 0. The average Bonchev–Trinajstić information content (AvgIpc) is 1.30. The van der Waals surface area contributed by atoms with Crippen LogP contribution < -0.4 is 5.14 Å². The molecular formula is CH5NO3S2. The molecule has 0 amide bonds. The largest absolute Gasteiger partial charge is 0.344 e. The summed E-state index contributed by atoms with van der Waals surface area (Å²) in [6.45, 7) is 0. The van der Waals surface area contributed by atoms with Crippen molar-refractivity contribution in [2.45, 2.75) is 0 Å². The SMILES string of the molecule is CSOS(N)(=O)=O. The highest BCUT2D eigenvalue weighted by atomic mass is 32.3. The maximum absolute atomic E-state index is 9.77. The van der Waals surface area contributed by atoms with Crippen LogP contribution in [0.4, 0.5) is 0 Å². The molecule has 0 heterocycles. The van der Waals surface area contributed by atoms with Gasteiger partial charge in [-0.25, -0.2) is 5.14 Å². The Morgan fingerprint density at radius 1 is 1.71 bits per heavy atom. The van der Waals surface area contributed by atoms with Crippen molar-refractivity contribution in [3.63, 3.8) is 0 Å². The lowest BCUT2D eigenvalue weighted by atomic mass is 12.0. The van der Waals surface area contributed by atoms with Gasteiger partial charge in [0.1, 0.15) is 0 Å². The summed E-state index contributed by atoms with van der Waals surface area (Å²) in [6, 6.07) is 0. The van der Waals surface area contributed by atoms with Gasteiger partial charge in [-0.1, -0.05) is 0 Å². The lowest BCUT2D eigenvalue weighted by Crippen LogP contribution is -2.11. The van der Waals surface area contributed by atoms with E-state index in [1.54, 1.807) is 0 Å². The molecule has 0 unspecified atom stereocenters. The first-order valence-corrected chi connectivity index (χ1v) is 3.93. The molecule has 0 aromatic rings. The molecule has 0 aromatic carbocycles. The van der Waals surface area contributed by atoms with Crippen LogP contribution in [0.15, 0.2) is 0 Å². The average molecular weight is 143 g/mol. The summed E-state index contributed by atoms with van der Waals surface area (Å²) in [7, 11) is -3.71. The first-order chi connectivity index (χ1) is 3.06. The minimum atomic E-state index is -3.71. The second-order valence-corrected chi connectivity index (χ2v) is 2.59. The summed E-state index contributed by atoms with van der Waals surface area (Å²) >= 11 is 0.696. The fourth-order valence-electron chi connectivity index (χ4n) is 0.0948. The Bertz CT molecular complexity index is 126. The van der Waals surface area contributed by atoms with E-state index in [-0.39, 0.29) is 0 Å². The molecule has 0 aliphatic heterocycles. The van der Waals surface area contributed by atoms with Crippen molar-refractivity contribution in [3.8, 4) is 0 Å². The number of rotatable bonds is 2. The number of nitrogens with two attached hydrogens (primary N) is 1. The lowest BCUT2D eigenvalue weighted by Gasteiger charge is -1.88. The van der Waals surface area contributed by atoms with Gasteiger partial charge in [-0.3, -0.25) is 0 Å². The first-order valence-electron chi connectivity index (χ1n) is 1.31. The molecule has 44 valence electrons. The van der Waals surface area contributed by atoms with Crippen LogP contribution in [0.25, 0.3) is 0 Å². The predicted molar refractivity (Wildman–Crippen MR) is 27.7 cm³/mol. The van der Waals surface area contributed by atoms with Crippen molar-refractivity contribution in [3.05, 3.63) is 0 Å². The van der Waals surface area contributed by atoms with Gasteiger partial charge < -0.3 is 0 Å². The quantitative estimate of drug-likeness (QED) is 0.528. The molecule has 0 saturated carbocycles. The van der Waals surface area contributed by atoms with Gasteiger partial charge in [0, 0.05) is 18.3 Å². The fourth-order valence-corrected chi connectivity index (χ4v) is 0.854. The Labute approximate surface area is 46.5 Å². The Morgan fingerprint density at radius 3 is 2.14 bits per heavy atom. The highest BCUT2D eigenvalue weighted by Crippen LogP contribution is 1.96. The van der Waals surface area contributed by atoms with Gasteiger partial charge in [-0.05, 0) is 0 Å². The molecule has 0 bridgehead atoms. The van der Waals surface area contributed by atoms with Crippen molar-refractivity contribution in [2.24, 2.45) is 5.14 Å². The summed E-state index contributed by atoms with van der Waals surface area (Å²) < 4.78 is 23.4. The monoisotopic (exact) mass is 143 g/mol. The molecule has 0 fully saturated rings. The van der Waals surface area contributed by atoms with Crippen molar-refractivity contribution >= 4 is 22.3 Å². The second-order valence-electron chi connectivity index (χ2n) is 0.728. The molecule has 2 N–H and O–H groups in total. The van der Waals surface area contributed by atoms with E-state index in [9.17, 15) is 8.42 Å². The highest BCUT2D eigenvalue weighted by molar-refractivity contribution is 8.03. The van der Waals surface area contributed by atoms with Gasteiger partial charge in [0.25, 0.3) is 0 Å². The molecular weight excluding hydrogens is 138 g/mol. The third-order valence-corrected chi connectivity index (χ3v) is 1.47. The zero-order valence-electron chi connectivity index (χ0n) is 3.62. The molecule has 7 heavy (non-hydrogen) atoms. The minimum absolute atomic E-state index is 0.696. The summed E-state index contributed by atoms with van der Waals surface area (Å²) in [4.78, 5) is 0. The van der Waals surface area contributed by atoms with E-state index >= 15 is 0 Å². The van der Waals surface area contributed by atoms with Crippen molar-refractivity contribution in [1.82, 2.24) is 0 Å². The second kappa shape index (κ2) is 2.51. The Kier molecular flexibility index (Phi) is 2.59. The van der Waals surface area contributed by atoms with Crippen molar-refractivity contribution in [1.29, 1.82) is 0 Å². The standard InChI is InChI=1S/CH5NO3S2/c1-6-5-7(2,3)4/h1H3,(H2,2,3,4). The van der Waals surface area contributed by atoms with Gasteiger partial charge in [-0.2, -0.15) is 12.0 Å². The fraction of sp³-hybridized carbons (Fsp3) is 1.00. The summed E-state index contributed by atoms with van der Waals surface area (Å²) in [5, 5.41) is 4.38. The van der Waals surface area contributed by atoms with Gasteiger partial charge in [0.2, 0.25) is 0 Å². The first kappa shape index (κ1) is 7.22. The lowest BCUT2D eigenvalue weighted by molar-refractivity contribution is 0.521. The van der Waals surface area contributed by atoms with Crippen LogP contribution in [0, 0.1) is 0 Å². The molecule has 6 heteroatoms. The van der Waals surface area contributed by atoms with Gasteiger partial charge in [-0.15, -0.1) is 0 Å². The van der Waals surface area contributed by atoms with E-state index in [4.69, 9.17) is 0 Å². The zero-order valence-corrected chi connectivity index (χ0v) is 5.25. The molecule has 0 aliphatic carbocycles. The minimum Gasteiger partial charge on any atom is -0.205 e. The smallest absolute Gasteiger partial charge is 0.205 e. The van der Waals surface area contributed by atoms with Crippen molar-refractivity contribution < 1.29 is 12.0 Å². The van der Waals surface area contributed by atoms with Crippen LogP contribution in [0.3, 0.4) is 0 Å². The third-order valence-electron chi connectivity index (χ3n) is 0.163. The Balaban J connectivity index is 3.60. The third kappa shape index (κ3) is 6.22. The molecule has 0 radical (unpaired) electrons. The van der Waals surface area contributed by atoms with E-state index in [0.717, 1.165) is 0 Å². The highest BCUT2D eigenvalue weighted by Gasteiger charge is 1.96. The molecule has 0 aromatic heterocycles. The van der Waals surface area contributed by atoms with Crippen LogP contribution >= 0.6 is 12.0 Å². The van der Waals surface area contributed by atoms with Gasteiger partial charge >= 0.3 is 10.3 Å². The topological polar surface area (TPSA) is 69.4 Å². The molecule has 0 atom stereocenters. The molecule has 0 rings (SSSR count). The maximum Gasteiger partial charge on any atom is 0.344 e. The Hall–Kier alpha value is 0.220. The normalized spacial score (nSPS) is 11.7. The maximum atomic E-state index is 9.77. The number of hydrogen-bond donors (Lipinski definition) is 1. The van der Waals surface area contributed by atoms with E-state index in [0.29, 0.717) is 12.0 Å².